The topological polar surface area (TPSA) is 52.6 Å². The summed E-state index contributed by atoms with van der Waals surface area (Å²) in [5, 5.41) is 2.76. The van der Waals surface area contributed by atoms with Crippen molar-refractivity contribution in [3.8, 4) is 0 Å². The standard InChI is InChI=1S/C19H33N3O2/c1-4-14-6-8-15(9-7-14)21(16-10-11-16)12-5-13-22-17(23)19(2,3)20-18(22)24/h14-16H,4-13H2,1-3H3,(H,20,24). The van der Waals surface area contributed by atoms with E-state index in [1.807, 2.05) is 0 Å². The molecule has 5 nitrogen and oxygen atoms in total. The molecule has 5 heteroatoms. The van der Waals surface area contributed by atoms with E-state index in [1.54, 1.807) is 13.8 Å². The number of nitrogens with zero attached hydrogens (tertiary/aromatic N) is 2. The van der Waals surface area contributed by atoms with Crippen LogP contribution in [0.1, 0.15) is 72.1 Å². The second-order valence-electron chi connectivity index (χ2n) is 8.42. The van der Waals surface area contributed by atoms with Gasteiger partial charge in [-0.1, -0.05) is 13.3 Å². The number of rotatable bonds is 7. The molecule has 1 heterocycles. The summed E-state index contributed by atoms with van der Waals surface area (Å²) in [6.45, 7) is 7.42. The van der Waals surface area contributed by atoms with E-state index in [9.17, 15) is 9.59 Å². The Kier molecular flexibility index (Phi) is 5.19. The quantitative estimate of drug-likeness (QED) is 0.727. The Hall–Kier alpha value is -1.10. The predicted octanol–water partition coefficient (Wildman–Crippen LogP) is 3.14. The second-order valence-corrected chi connectivity index (χ2v) is 8.42. The SMILES string of the molecule is CCC1CCC(N(CCCN2C(=O)NC(C)(C)C2=O)C2CC2)CC1. The summed E-state index contributed by atoms with van der Waals surface area (Å²) in [4.78, 5) is 28.3. The highest BCUT2D eigenvalue weighted by Gasteiger charge is 2.44. The molecule has 3 rings (SSSR count). The van der Waals surface area contributed by atoms with Gasteiger partial charge in [0.05, 0.1) is 0 Å². The van der Waals surface area contributed by atoms with E-state index in [0.717, 1.165) is 31.0 Å². The molecule has 0 aromatic heterocycles. The molecule has 2 saturated carbocycles. The first-order valence-electron chi connectivity index (χ1n) is 9.82. The zero-order chi connectivity index (χ0) is 17.3. The van der Waals surface area contributed by atoms with Gasteiger partial charge in [-0.15, -0.1) is 0 Å². The molecular formula is C19H33N3O2. The van der Waals surface area contributed by atoms with Crippen molar-refractivity contribution in [2.24, 2.45) is 5.92 Å². The summed E-state index contributed by atoms with van der Waals surface area (Å²) in [7, 11) is 0. The van der Waals surface area contributed by atoms with Crippen LogP contribution in [0.25, 0.3) is 0 Å². The van der Waals surface area contributed by atoms with Gasteiger partial charge in [0, 0.05) is 25.2 Å². The normalized spacial score (nSPS) is 30.1. The minimum Gasteiger partial charge on any atom is -0.324 e. The van der Waals surface area contributed by atoms with E-state index in [-0.39, 0.29) is 11.9 Å². The molecule has 0 bridgehead atoms. The summed E-state index contributed by atoms with van der Waals surface area (Å²) in [6, 6.07) is 1.25. The van der Waals surface area contributed by atoms with E-state index < -0.39 is 5.54 Å². The Bertz CT molecular complexity index is 479. The molecule has 0 atom stereocenters. The zero-order valence-electron chi connectivity index (χ0n) is 15.5. The molecule has 136 valence electrons. The lowest BCUT2D eigenvalue weighted by atomic mass is 9.84. The van der Waals surface area contributed by atoms with Crippen molar-refractivity contribution >= 4 is 11.9 Å². The van der Waals surface area contributed by atoms with Crippen LogP contribution in [0.4, 0.5) is 4.79 Å². The molecule has 0 radical (unpaired) electrons. The molecule has 1 saturated heterocycles. The molecule has 1 aliphatic heterocycles. The molecule has 1 N–H and O–H groups in total. The molecule has 2 aliphatic carbocycles. The van der Waals surface area contributed by atoms with Crippen molar-refractivity contribution in [2.45, 2.75) is 89.8 Å². The maximum Gasteiger partial charge on any atom is 0.325 e. The lowest BCUT2D eigenvalue weighted by Gasteiger charge is -2.37. The first-order chi connectivity index (χ1) is 11.4. The number of hydrogen-bond donors (Lipinski definition) is 1. The molecule has 0 unspecified atom stereocenters. The minimum absolute atomic E-state index is 0.0890. The van der Waals surface area contributed by atoms with E-state index in [0.29, 0.717) is 6.54 Å². The molecule has 3 amide bonds. The van der Waals surface area contributed by atoms with Gasteiger partial charge in [-0.2, -0.15) is 0 Å². The van der Waals surface area contributed by atoms with Crippen LogP contribution in [0.3, 0.4) is 0 Å². The number of nitrogens with one attached hydrogen (secondary N) is 1. The molecule has 0 aromatic carbocycles. The van der Waals surface area contributed by atoms with Crippen molar-refractivity contribution < 1.29 is 9.59 Å². The molecule has 24 heavy (non-hydrogen) atoms. The van der Waals surface area contributed by atoms with Crippen molar-refractivity contribution in [1.82, 2.24) is 15.1 Å². The summed E-state index contributed by atoms with van der Waals surface area (Å²) in [6.07, 6.45) is 10.2. The van der Waals surface area contributed by atoms with Gasteiger partial charge in [-0.25, -0.2) is 4.79 Å². The molecular weight excluding hydrogens is 302 g/mol. The Labute approximate surface area is 146 Å². The number of imide groups is 1. The van der Waals surface area contributed by atoms with Gasteiger partial charge in [0.15, 0.2) is 0 Å². The number of amides is 3. The van der Waals surface area contributed by atoms with Crippen LogP contribution < -0.4 is 5.32 Å². The Morgan fingerprint density at radius 3 is 2.12 bits per heavy atom. The molecule has 0 spiro atoms. The minimum atomic E-state index is -0.744. The lowest BCUT2D eigenvalue weighted by molar-refractivity contribution is -0.130. The van der Waals surface area contributed by atoms with Crippen molar-refractivity contribution in [3.63, 3.8) is 0 Å². The molecule has 0 aromatic rings. The van der Waals surface area contributed by atoms with Crippen molar-refractivity contribution in [2.75, 3.05) is 13.1 Å². The monoisotopic (exact) mass is 335 g/mol. The van der Waals surface area contributed by atoms with Crippen LogP contribution in [0.2, 0.25) is 0 Å². The number of urea groups is 1. The van der Waals surface area contributed by atoms with Crippen LogP contribution in [-0.4, -0.2) is 52.5 Å². The Morgan fingerprint density at radius 1 is 1.08 bits per heavy atom. The van der Waals surface area contributed by atoms with E-state index in [1.165, 1.54) is 49.8 Å². The van der Waals surface area contributed by atoms with E-state index in [4.69, 9.17) is 0 Å². The fourth-order valence-electron chi connectivity index (χ4n) is 4.39. The van der Waals surface area contributed by atoms with Gasteiger partial charge in [0.25, 0.3) is 5.91 Å². The Morgan fingerprint density at radius 2 is 1.67 bits per heavy atom. The van der Waals surface area contributed by atoms with E-state index >= 15 is 0 Å². The van der Waals surface area contributed by atoms with Gasteiger partial charge in [-0.3, -0.25) is 14.6 Å². The highest BCUT2D eigenvalue weighted by Crippen LogP contribution is 2.36. The van der Waals surface area contributed by atoms with Gasteiger partial charge in [0.2, 0.25) is 0 Å². The van der Waals surface area contributed by atoms with Crippen LogP contribution in [-0.2, 0) is 4.79 Å². The lowest BCUT2D eigenvalue weighted by Crippen LogP contribution is -2.42. The summed E-state index contributed by atoms with van der Waals surface area (Å²) >= 11 is 0. The highest BCUT2D eigenvalue weighted by molar-refractivity contribution is 6.06. The van der Waals surface area contributed by atoms with Gasteiger partial charge < -0.3 is 5.32 Å². The second kappa shape index (κ2) is 7.03. The average molecular weight is 335 g/mol. The fourth-order valence-corrected chi connectivity index (χ4v) is 4.39. The Balaban J connectivity index is 1.49. The van der Waals surface area contributed by atoms with Crippen molar-refractivity contribution in [3.05, 3.63) is 0 Å². The fraction of sp³-hybridized carbons (Fsp3) is 0.895. The third-order valence-corrected chi connectivity index (χ3v) is 6.12. The third-order valence-electron chi connectivity index (χ3n) is 6.12. The van der Waals surface area contributed by atoms with Crippen molar-refractivity contribution in [1.29, 1.82) is 0 Å². The maximum absolute atomic E-state index is 12.3. The van der Waals surface area contributed by atoms with Gasteiger partial charge in [0.1, 0.15) is 5.54 Å². The van der Waals surface area contributed by atoms with Gasteiger partial charge in [-0.05, 0) is 64.7 Å². The first-order valence-corrected chi connectivity index (χ1v) is 9.82. The molecule has 3 aliphatic rings. The van der Waals surface area contributed by atoms with Gasteiger partial charge >= 0.3 is 6.03 Å². The number of carbonyl (C=O) groups excluding carboxylic acids is 2. The van der Waals surface area contributed by atoms with Crippen LogP contribution in [0.5, 0.6) is 0 Å². The summed E-state index contributed by atoms with van der Waals surface area (Å²) < 4.78 is 0. The summed E-state index contributed by atoms with van der Waals surface area (Å²) in [5.74, 6) is 0.837. The van der Waals surface area contributed by atoms with Crippen LogP contribution in [0, 0.1) is 5.92 Å². The predicted molar refractivity (Wildman–Crippen MR) is 94.7 cm³/mol. The average Bonchev–Trinajstić information content (AvgIpc) is 3.36. The summed E-state index contributed by atoms with van der Waals surface area (Å²) in [5.41, 5.74) is -0.744. The number of hydrogen-bond acceptors (Lipinski definition) is 3. The first kappa shape index (κ1) is 17.7. The smallest absolute Gasteiger partial charge is 0.324 e. The van der Waals surface area contributed by atoms with Crippen LogP contribution in [0.15, 0.2) is 0 Å². The van der Waals surface area contributed by atoms with Crippen LogP contribution >= 0.6 is 0 Å². The maximum atomic E-state index is 12.3. The zero-order valence-corrected chi connectivity index (χ0v) is 15.5. The highest BCUT2D eigenvalue weighted by atomic mass is 16.2. The third kappa shape index (κ3) is 3.76. The molecule has 3 fully saturated rings. The van der Waals surface area contributed by atoms with E-state index in [2.05, 4.69) is 17.1 Å². The largest absolute Gasteiger partial charge is 0.325 e. The number of carbonyl (C=O) groups is 2.